The molecular formula is C18H27N3O3. The minimum absolute atomic E-state index is 0.0155. The summed E-state index contributed by atoms with van der Waals surface area (Å²) in [4.78, 5) is 6.70. The highest BCUT2D eigenvalue weighted by Crippen LogP contribution is 2.29. The van der Waals surface area contributed by atoms with Crippen LogP contribution in [-0.4, -0.2) is 36.3 Å². The van der Waals surface area contributed by atoms with Crippen molar-refractivity contribution < 1.29 is 14.0 Å². The van der Waals surface area contributed by atoms with Gasteiger partial charge < -0.3 is 14.0 Å². The fourth-order valence-corrected chi connectivity index (χ4v) is 2.30. The summed E-state index contributed by atoms with van der Waals surface area (Å²) in [6.45, 7) is 8.99. The Balaban J connectivity index is 2.11. The summed E-state index contributed by atoms with van der Waals surface area (Å²) in [5, 5.41) is 4.10. The Morgan fingerprint density at radius 1 is 1.17 bits per heavy atom. The molecule has 0 spiro atoms. The van der Waals surface area contributed by atoms with Crippen LogP contribution < -0.4 is 9.47 Å². The smallest absolute Gasteiger partial charge is 0.243 e. The predicted molar refractivity (Wildman–Crippen MR) is 92.4 cm³/mol. The van der Waals surface area contributed by atoms with Crippen LogP contribution in [0.4, 0.5) is 0 Å². The van der Waals surface area contributed by atoms with Crippen molar-refractivity contribution in [1.29, 1.82) is 0 Å². The van der Waals surface area contributed by atoms with Crippen LogP contribution in [0.5, 0.6) is 11.5 Å². The summed E-state index contributed by atoms with van der Waals surface area (Å²) >= 11 is 0. The molecule has 0 aliphatic carbocycles. The quantitative estimate of drug-likeness (QED) is 0.805. The van der Waals surface area contributed by atoms with Crippen molar-refractivity contribution in [3.05, 3.63) is 35.5 Å². The summed E-state index contributed by atoms with van der Waals surface area (Å²) in [5.74, 6) is 2.80. The van der Waals surface area contributed by atoms with Crippen LogP contribution >= 0.6 is 0 Å². The zero-order valence-electron chi connectivity index (χ0n) is 15.6. The van der Waals surface area contributed by atoms with Gasteiger partial charge in [-0.3, -0.25) is 4.90 Å². The average Bonchev–Trinajstić information content (AvgIpc) is 3.04. The standard InChI is InChI=1S/C18H27N3O3/c1-12(16-19-17(20-24-16)18(2,3)4)21(5)11-13-8-9-14(22-6)15(10-13)23-7/h8-10,12H,11H2,1-7H3/t12-/m1/s1. The van der Waals surface area contributed by atoms with Gasteiger partial charge in [-0.15, -0.1) is 0 Å². The fourth-order valence-electron chi connectivity index (χ4n) is 2.30. The molecule has 0 bridgehead atoms. The maximum atomic E-state index is 5.45. The van der Waals surface area contributed by atoms with Crippen molar-refractivity contribution in [2.45, 2.75) is 45.7 Å². The summed E-state index contributed by atoms with van der Waals surface area (Å²) in [6.07, 6.45) is 0. The first-order valence-corrected chi connectivity index (χ1v) is 8.01. The van der Waals surface area contributed by atoms with Gasteiger partial charge in [0, 0.05) is 12.0 Å². The van der Waals surface area contributed by atoms with Gasteiger partial charge >= 0.3 is 0 Å². The molecule has 2 rings (SSSR count). The minimum atomic E-state index is -0.122. The zero-order chi connectivity index (χ0) is 17.9. The van der Waals surface area contributed by atoms with E-state index in [0.29, 0.717) is 5.89 Å². The van der Waals surface area contributed by atoms with E-state index in [0.717, 1.165) is 29.4 Å². The minimum Gasteiger partial charge on any atom is -0.493 e. The second-order valence-corrected chi connectivity index (χ2v) is 6.99. The summed E-state index contributed by atoms with van der Waals surface area (Å²) in [7, 11) is 5.30. The Kier molecular flexibility index (Phi) is 5.49. The number of hydrogen-bond donors (Lipinski definition) is 0. The lowest BCUT2D eigenvalue weighted by atomic mass is 9.96. The number of nitrogens with zero attached hydrogens (tertiary/aromatic N) is 3. The largest absolute Gasteiger partial charge is 0.493 e. The fraction of sp³-hybridized carbons (Fsp3) is 0.556. The van der Waals surface area contributed by atoms with E-state index in [-0.39, 0.29) is 11.5 Å². The van der Waals surface area contributed by atoms with E-state index >= 15 is 0 Å². The normalized spacial score (nSPS) is 13.2. The van der Waals surface area contributed by atoms with Crippen LogP contribution in [0.15, 0.2) is 22.7 Å². The van der Waals surface area contributed by atoms with Crippen LogP contribution in [0.3, 0.4) is 0 Å². The van der Waals surface area contributed by atoms with Gasteiger partial charge in [0.05, 0.1) is 20.3 Å². The number of aromatic nitrogens is 2. The van der Waals surface area contributed by atoms with E-state index in [9.17, 15) is 0 Å². The molecular weight excluding hydrogens is 306 g/mol. The number of methoxy groups -OCH3 is 2. The lowest BCUT2D eigenvalue weighted by Gasteiger charge is -2.22. The van der Waals surface area contributed by atoms with Gasteiger partial charge in [-0.25, -0.2) is 0 Å². The first-order valence-electron chi connectivity index (χ1n) is 8.01. The Bertz CT molecular complexity index is 676. The van der Waals surface area contributed by atoms with Crippen molar-refractivity contribution in [3.8, 4) is 11.5 Å². The highest BCUT2D eigenvalue weighted by molar-refractivity contribution is 5.42. The van der Waals surface area contributed by atoms with Gasteiger partial charge in [0.15, 0.2) is 17.3 Å². The van der Waals surface area contributed by atoms with Crippen molar-refractivity contribution >= 4 is 0 Å². The van der Waals surface area contributed by atoms with E-state index in [1.165, 1.54) is 0 Å². The van der Waals surface area contributed by atoms with Crippen LogP contribution in [0.2, 0.25) is 0 Å². The zero-order valence-corrected chi connectivity index (χ0v) is 15.6. The summed E-state index contributed by atoms with van der Waals surface area (Å²) in [5.41, 5.74) is 1.00. The number of rotatable bonds is 6. The predicted octanol–water partition coefficient (Wildman–Crippen LogP) is 3.58. The van der Waals surface area contributed by atoms with Crippen LogP contribution in [0, 0.1) is 0 Å². The van der Waals surface area contributed by atoms with Crippen LogP contribution in [-0.2, 0) is 12.0 Å². The molecule has 1 heterocycles. The Morgan fingerprint density at radius 3 is 2.38 bits per heavy atom. The van der Waals surface area contributed by atoms with Gasteiger partial charge in [-0.05, 0) is 31.7 Å². The van der Waals surface area contributed by atoms with E-state index < -0.39 is 0 Å². The topological polar surface area (TPSA) is 60.6 Å². The van der Waals surface area contributed by atoms with Gasteiger partial charge in [0.2, 0.25) is 5.89 Å². The molecule has 132 valence electrons. The van der Waals surface area contributed by atoms with Gasteiger partial charge in [-0.1, -0.05) is 32.0 Å². The molecule has 2 aromatic rings. The first kappa shape index (κ1) is 18.3. The molecule has 0 N–H and O–H groups in total. The van der Waals surface area contributed by atoms with E-state index in [2.05, 4.69) is 42.7 Å². The van der Waals surface area contributed by atoms with E-state index in [1.54, 1.807) is 14.2 Å². The molecule has 0 saturated heterocycles. The highest BCUT2D eigenvalue weighted by atomic mass is 16.5. The third-order valence-corrected chi connectivity index (χ3v) is 4.01. The molecule has 0 radical (unpaired) electrons. The van der Waals surface area contributed by atoms with Gasteiger partial charge in [0.25, 0.3) is 0 Å². The molecule has 6 heteroatoms. The van der Waals surface area contributed by atoms with Crippen LogP contribution in [0.1, 0.15) is 51.0 Å². The maximum Gasteiger partial charge on any atom is 0.243 e. The van der Waals surface area contributed by atoms with Crippen LogP contribution in [0.25, 0.3) is 0 Å². The Morgan fingerprint density at radius 2 is 1.83 bits per heavy atom. The van der Waals surface area contributed by atoms with Crippen molar-refractivity contribution in [2.24, 2.45) is 0 Å². The lowest BCUT2D eigenvalue weighted by Crippen LogP contribution is -2.22. The molecule has 0 amide bonds. The van der Waals surface area contributed by atoms with Gasteiger partial charge in [-0.2, -0.15) is 4.98 Å². The molecule has 1 atom stereocenters. The summed E-state index contributed by atoms with van der Waals surface area (Å²) in [6, 6.07) is 5.94. The van der Waals surface area contributed by atoms with Crippen molar-refractivity contribution in [1.82, 2.24) is 15.0 Å². The van der Waals surface area contributed by atoms with Gasteiger partial charge in [0.1, 0.15) is 0 Å². The molecule has 0 aliphatic rings. The monoisotopic (exact) mass is 333 g/mol. The number of benzene rings is 1. The highest BCUT2D eigenvalue weighted by Gasteiger charge is 2.25. The third kappa shape index (κ3) is 4.06. The van der Waals surface area contributed by atoms with Crippen molar-refractivity contribution in [2.75, 3.05) is 21.3 Å². The number of ether oxygens (including phenoxy) is 2. The third-order valence-electron chi connectivity index (χ3n) is 4.01. The average molecular weight is 333 g/mol. The molecule has 1 aromatic heterocycles. The summed E-state index contributed by atoms with van der Waals surface area (Å²) < 4.78 is 16.1. The number of hydrogen-bond acceptors (Lipinski definition) is 6. The molecule has 1 aromatic carbocycles. The van der Waals surface area contributed by atoms with E-state index in [4.69, 9.17) is 14.0 Å². The molecule has 0 fully saturated rings. The molecule has 6 nitrogen and oxygen atoms in total. The Labute approximate surface area is 143 Å². The molecule has 0 saturated carbocycles. The first-order chi connectivity index (χ1) is 11.3. The SMILES string of the molecule is COc1ccc(CN(C)[C@H](C)c2nc(C(C)(C)C)no2)cc1OC. The maximum absolute atomic E-state index is 5.45. The second-order valence-electron chi connectivity index (χ2n) is 6.99. The molecule has 0 aliphatic heterocycles. The second kappa shape index (κ2) is 7.21. The molecule has 24 heavy (non-hydrogen) atoms. The molecule has 0 unspecified atom stereocenters. The Hall–Kier alpha value is -2.08. The lowest BCUT2D eigenvalue weighted by molar-refractivity contribution is 0.202. The van der Waals surface area contributed by atoms with E-state index in [1.807, 2.05) is 25.2 Å². The van der Waals surface area contributed by atoms with Crippen molar-refractivity contribution in [3.63, 3.8) is 0 Å².